The number of carbonyl (C=O) groups excluding carboxylic acids is 1. The number of nitrogen functional groups attached to an aromatic ring is 1. The molecule has 2 rings (SSSR count). The number of hydrogen-bond acceptors (Lipinski definition) is 4. The maximum absolute atomic E-state index is 12.0. The van der Waals surface area contributed by atoms with E-state index in [1.807, 2.05) is 19.3 Å². The van der Waals surface area contributed by atoms with Gasteiger partial charge in [-0.25, -0.2) is 0 Å². The van der Waals surface area contributed by atoms with Crippen LogP contribution in [0.1, 0.15) is 21.9 Å². The molecule has 1 amide bonds. The number of nitrogens with one attached hydrogen (secondary N) is 1. The van der Waals surface area contributed by atoms with E-state index >= 15 is 0 Å². The zero-order valence-electron chi connectivity index (χ0n) is 10.6. The highest BCUT2D eigenvalue weighted by atomic mass is 16.2. The average Bonchev–Trinajstić information content (AvgIpc) is 2.82. The van der Waals surface area contributed by atoms with Gasteiger partial charge in [0.25, 0.3) is 5.91 Å². The minimum absolute atomic E-state index is 0.249. The van der Waals surface area contributed by atoms with Gasteiger partial charge in [-0.2, -0.15) is 10.2 Å². The van der Waals surface area contributed by atoms with Crippen molar-refractivity contribution < 1.29 is 4.79 Å². The molecule has 0 aliphatic heterocycles. The number of anilines is 1. The number of hydrogen-bond donors (Lipinski definition) is 2. The third-order valence-corrected chi connectivity index (χ3v) is 2.68. The molecular weight excluding hydrogens is 232 g/mol. The second-order valence-electron chi connectivity index (χ2n) is 4.13. The van der Waals surface area contributed by atoms with Crippen molar-refractivity contribution in [3.63, 3.8) is 0 Å². The number of aryl methyl sites for hydroxylation is 3. The monoisotopic (exact) mass is 248 g/mol. The molecule has 0 fully saturated rings. The first-order valence-corrected chi connectivity index (χ1v) is 5.55. The quantitative estimate of drug-likeness (QED) is 0.798. The number of aromatic nitrogens is 4. The van der Waals surface area contributed by atoms with Crippen LogP contribution in [0.25, 0.3) is 0 Å². The summed E-state index contributed by atoms with van der Waals surface area (Å²) in [6.45, 7) is 2.13. The molecular formula is C11H16N6O. The van der Waals surface area contributed by atoms with Gasteiger partial charge in [-0.15, -0.1) is 0 Å². The Morgan fingerprint density at radius 3 is 2.67 bits per heavy atom. The van der Waals surface area contributed by atoms with Gasteiger partial charge in [-0.05, 0) is 13.0 Å². The van der Waals surface area contributed by atoms with Crippen LogP contribution in [0, 0.1) is 6.92 Å². The van der Waals surface area contributed by atoms with Gasteiger partial charge in [0.1, 0.15) is 5.69 Å². The Bertz CT molecular complexity index is 582. The molecule has 0 saturated heterocycles. The summed E-state index contributed by atoms with van der Waals surface area (Å²) < 4.78 is 3.17. The van der Waals surface area contributed by atoms with E-state index in [-0.39, 0.29) is 5.91 Å². The fourth-order valence-corrected chi connectivity index (χ4v) is 1.76. The summed E-state index contributed by atoms with van der Waals surface area (Å²) in [7, 11) is 3.52. The van der Waals surface area contributed by atoms with Crippen LogP contribution in [-0.2, 0) is 20.6 Å². The predicted octanol–water partition coefficient (Wildman–Crippen LogP) is -0.0258. The number of carbonyl (C=O) groups is 1. The van der Waals surface area contributed by atoms with Crippen molar-refractivity contribution >= 4 is 11.6 Å². The van der Waals surface area contributed by atoms with E-state index in [9.17, 15) is 4.79 Å². The molecule has 7 heteroatoms. The van der Waals surface area contributed by atoms with Crippen LogP contribution in [0.15, 0.2) is 12.3 Å². The smallest absolute Gasteiger partial charge is 0.272 e. The Morgan fingerprint density at radius 2 is 2.17 bits per heavy atom. The lowest BCUT2D eigenvalue weighted by Crippen LogP contribution is -2.26. The molecule has 0 aromatic carbocycles. The van der Waals surface area contributed by atoms with Crippen molar-refractivity contribution in [1.82, 2.24) is 24.9 Å². The molecule has 0 unspecified atom stereocenters. The van der Waals surface area contributed by atoms with Crippen LogP contribution in [0.3, 0.4) is 0 Å². The zero-order chi connectivity index (χ0) is 13.3. The molecule has 3 N–H and O–H groups in total. The summed E-state index contributed by atoms with van der Waals surface area (Å²) in [4.78, 5) is 12.0. The summed E-state index contributed by atoms with van der Waals surface area (Å²) in [6, 6.07) is 1.85. The van der Waals surface area contributed by atoms with Crippen LogP contribution in [-0.4, -0.2) is 25.5 Å². The van der Waals surface area contributed by atoms with Gasteiger partial charge in [0, 0.05) is 20.3 Å². The molecule has 0 spiro atoms. The molecule has 0 aliphatic carbocycles. The Kier molecular flexibility index (Phi) is 3.05. The van der Waals surface area contributed by atoms with E-state index in [0.29, 0.717) is 23.6 Å². The van der Waals surface area contributed by atoms with Crippen LogP contribution in [0.5, 0.6) is 0 Å². The lowest BCUT2D eigenvalue weighted by molar-refractivity contribution is 0.0942. The van der Waals surface area contributed by atoms with Crippen molar-refractivity contribution in [1.29, 1.82) is 0 Å². The fraction of sp³-hybridized carbons (Fsp3) is 0.364. The molecule has 2 heterocycles. The molecule has 0 saturated carbocycles. The maximum atomic E-state index is 12.0. The molecule has 7 nitrogen and oxygen atoms in total. The van der Waals surface area contributed by atoms with E-state index in [4.69, 9.17) is 5.73 Å². The number of nitrogens with zero attached hydrogens (tertiary/aromatic N) is 4. The first-order valence-electron chi connectivity index (χ1n) is 5.55. The van der Waals surface area contributed by atoms with Gasteiger partial charge < -0.3 is 11.1 Å². The first-order chi connectivity index (χ1) is 8.49. The Labute approximate surface area is 105 Å². The molecule has 2 aromatic heterocycles. The van der Waals surface area contributed by atoms with Crippen molar-refractivity contribution in [2.45, 2.75) is 13.5 Å². The molecule has 0 atom stereocenters. The summed E-state index contributed by atoms with van der Waals surface area (Å²) in [5, 5.41) is 11.0. The highest BCUT2D eigenvalue weighted by molar-refractivity contribution is 5.97. The van der Waals surface area contributed by atoms with Crippen LogP contribution in [0.4, 0.5) is 5.69 Å². The van der Waals surface area contributed by atoms with Crippen molar-refractivity contribution in [2.24, 2.45) is 14.1 Å². The van der Waals surface area contributed by atoms with E-state index < -0.39 is 0 Å². The van der Waals surface area contributed by atoms with E-state index in [0.717, 1.165) is 5.69 Å². The molecule has 0 aliphatic rings. The van der Waals surface area contributed by atoms with E-state index in [2.05, 4.69) is 15.5 Å². The predicted molar refractivity (Wildman–Crippen MR) is 66.7 cm³/mol. The van der Waals surface area contributed by atoms with Crippen LogP contribution < -0.4 is 11.1 Å². The van der Waals surface area contributed by atoms with Gasteiger partial charge in [0.15, 0.2) is 0 Å². The minimum Gasteiger partial charge on any atom is -0.395 e. The van der Waals surface area contributed by atoms with Gasteiger partial charge in [-0.3, -0.25) is 14.2 Å². The minimum atomic E-state index is -0.249. The van der Waals surface area contributed by atoms with Crippen molar-refractivity contribution in [3.8, 4) is 0 Å². The van der Waals surface area contributed by atoms with Crippen molar-refractivity contribution in [3.05, 3.63) is 29.3 Å². The summed E-state index contributed by atoms with van der Waals surface area (Å²) in [6.07, 6.45) is 1.82. The normalized spacial score (nSPS) is 10.6. The lowest BCUT2D eigenvalue weighted by Gasteiger charge is -2.04. The summed E-state index contributed by atoms with van der Waals surface area (Å²) >= 11 is 0. The zero-order valence-corrected chi connectivity index (χ0v) is 10.6. The summed E-state index contributed by atoms with van der Waals surface area (Å²) in [5.41, 5.74) is 8.05. The Morgan fingerprint density at radius 1 is 1.44 bits per heavy atom. The Hall–Kier alpha value is -2.31. The highest BCUT2D eigenvalue weighted by Gasteiger charge is 2.17. The molecule has 0 bridgehead atoms. The average molecular weight is 248 g/mol. The topological polar surface area (TPSA) is 90.8 Å². The molecule has 0 radical (unpaired) electrons. The molecule has 18 heavy (non-hydrogen) atoms. The van der Waals surface area contributed by atoms with Crippen molar-refractivity contribution in [2.75, 3.05) is 5.73 Å². The van der Waals surface area contributed by atoms with E-state index in [1.165, 1.54) is 4.68 Å². The fourth-order valence-electron chi connectivity index (χ4n) is 1.76. The molecule has 2 aromatic rings. The second kappa shape index (κ2) is 4.52. The standard InChI is InChI=1S/C11H16N6O/c1-7-9(12)10(17(3)14-7)11(18)13-6-8-4-5-16(2)15-8/h4-5H,6,12H2,1-3H3,(H,13,18). The largest absolute Gasteiger partial charge is 0.395 e. The van der Waals surface area contributed by atoms with Gasteiger partial charge in [0.05, 0.1) is 23.6 Å². The van der Waals surface area contributed by atoms with Gasteiger partial charge >= 0.3 is 0 Å². The van der Waals surface area contributed by atoms with E-state index in [1.54, 1.807) is 18.7 Å². The maximum Gasteiger partial charge on any atom is 0.272 e. The third kappa shape index (κ3) is 2.20. The number of amides is 1. The van der Waals surface area contributed by atoms with Crippen LogP contribution in [0.2, 0.25) is 0 Å². The Balaban J connectivity index is 2.08. The van der Waals surface area contributed by atoms with Crippen LogP contribution >= 0.6 is 0 Å². The SMILES string of the molecule is Cc1nn(C)c(C(=O)NCc2ccn(C)n2)c1N. The lowest BCUT2D eigenvalue weighted by atomic mass is 10.3. The third-order valence-electron chi connectivity index (χ3n) is 2.68. The van der Waals surface area contributed by atoms with Gasteiger partial charge in [0.2, 0.25) is 0 Å². The first kappa shape index (κ1) is 12.2. The number of nitrogens with two attached hydrogens (primary N) is 1. The summed E-state index contributed by atoms with van der Waals surface area (Å²) in [5.74, 6) is -0.249. The number of rotatable bonds is 3. The molecule has 96 valence electrons. The second-order valence-corrected chi connectivity index (χ2v) is 4.13. The highest BCUT2D eigenvalue weighted by Crippen LogP contribution is 2.14. The van der Waals surface area contributed by atoms with Gasteiger partial charge in [-0.1, -0.05) is 0 Å².